The minimum Gasteiger partial charge on any atom is -0.394 e. The zero-order chi connectivity index (χ0) is 62.8. The van der Waals surface area contributed by atoms with E-state index in [4.69, 9.17) is 9.47 Å². The number of hydrogen-bond donors (Lipinski definition) is 6. The molecule has 1 saturated heterocycles. The zero-order valence-corrected chi connectivity index (χ0v) is 57.5. The van der Waals surface area contributed by atoms with Gasteiger partial charge in [-0.25, -0.2) is 0 Å². The van der Waals surface area contributed by atoms with E-state index < -0.39 is 49.5 Å². The zero-order valence-electron chi connectivity index (χ0n) is 57.5. The predicted octanol–water partition coefficient (Wildman–Crippen LogP) is 21.5. The number of rotatable bonds is 68. The molecule has 1 aliphatic heterocycles. The van der Waals surface area contributed by atoms with Gasteiger partial charge in [0.1, 0.15) is 24.4 Å². The van der Waals surface area contributed by atoms with Crippen LogP contribution in [0.1, 0.15) is 386 Å². The molecule has 1 rings (SSSR count). The van der Waals surface area contributed by atoms with Gasteiger partial charge in [0.2, 0.25) is 5.91 Å². The average Bonchev–Trinajstić information content (AvgIpc) is 3.65. The molecule has 87 heavy (non-hydrogen) atoms. The molecule has 1 aliphatic rings. The van der Waals surface area contributed by atoms with Gasteiger partial charge in [0.25, 0.3) is 0 Å². The van der Waals surface area contributed by atoms with Crippen LogP contribution in [-0.4, -0.2) is 87.5 Å². The molecule has 0 bridgehead atoms. The molecule has 1 fully saturated rings. The van der Waals surface area contributed by atoms with Gasteiger partial charge in [-0.2, -0.15) is 0 Å². The number of aliphatic hydroxyl groups excluding tert-OH is 5. The molecule has 0 aromatic rings. The predicted molar refractivity (Wildman–Crippen MR) is 373 cm³/mol. The summed E-state index contributed by atoms with van der Waals surface area (Å²) in [6.07, 6.45) is 85.5. The monoisotopic (exact) mass is 1230 g/mol. The molecule has 0 radical (unpaired) electrons. The fourth-order valence-corrected chi connectivity index (χ4v) is 12.4. The number of ether oxygens (including phenoxy) is 2. The van der Waals surface area contributed by atoms with Gasteiger partial charge in [0.05, 0.1) is 25.4 Å². The van der Waals surface area contributed by atoms with Crippen molar-refractivity contribution in [1.82, 2.24) is 5.32 Å². The number of allylic oxidation sites excluding steroid dienone is 7. The second-order valence-corrected chi connectivity index (χ2v) is 26.8. The van der Waals surface area contributed by atoms with Gasteiger partial charge in [0, 0.05) is 6.42 Å². The van der Waals surface area contributed by atoms with Gasteiger partial charge in [-0.3, -0.25) is 4.79 Å². The van der Waals surface area contributed by atoms with Crippen molar-refractivity contribution in [2.75, 3.05) is 13.2 Å². The summed E-state index contributed by atoms with van der Waals surface area (Å²) in [6, 6.07) is -0.830. The van der Waals surface area contributed by atoms with Crippen LogP contribution < -0.4 is 5.32 Å². The van der Waals surface area contributed by atoms with E-state index in [0.717, 1.165) is 44.9 Å². The quantitative estimate of drug-likeness (QED) is 0.0261. The van der Waals surface area contributed by atoms with Gasteiger partial charge >= 0.3 is 0 Å². The highest BCUT2D eigenvalue weighted by molar-refractivity contribution is 5.76. The summed E-state index contributed by atoms with van der Waals surface area (Å²) in [4.78, 5) is 13.1. The van der Waals surface area contributed by atoms with E-state index in [-0.39, 0.29) is 12.5 Å². The molecule has 0 aromatic heterocycles. The van der Waals surface area contributed by atoms with Crippen molar-refractivity contribution in [3.05, 3.63) is 48.6 Å². The first-order valence-corrected chi connectivity index (χ1v) is 38.4. The van der Waals surface area contributed by atoms with Crippen molar-refractivity contribution in [2.45, 2.75) is 429 Å². The van der Waals surface area contributed by atoms with Crippen LogP contribution in [0.4, 0.5) is 0 Å². The summed E-state index contributed by atoms with van der Waals surface area (Å²) in [5, 5.41) is 54.8. The van der Waals surface area contributed by atoms with Crippen LogP contribution in [0.2, 0.25) is 0 Å². The molecule has 1 heterocycles. The first-order chi connectivity index (χ1) is 42.8. The first-order valence-electron chi connectivity index (χ1n) is 38.4. The van der Waals surface area contributed by atoms with Crippen LogP contribution in [0.3, 0.4) is 0 Å². The number of carbonyl (C=O) groups is 1. The van der Waals surface area contributed by atoms with E-state index in [9.17, 15) is 30.3 Å². The van der Waals surface area contributed by atoms with Crippen molar-refractivity contribution < 1.29 is 39.8 Å². The Morgan fingerprint density at radius 1 is 0.379 bits per heavy atom. The van der Waals surface area contributed by atoms with Gasteiger partial charge in [-0.15, -0.1) is 0 Å². The summed E-state index contributed by atoms with van der Waals surface area (Å²) in [6.45, 7) is 3.81. The Morgan fingerprint density at radius 2 is 0.655 bits per heavy atom. The van der Waals surface area contributed by atoms with Gasteiger partial charge in [0.15, 0.2) is 6.29 Å². The number of nitrogens with one attached hydrogen (secondary N) is 1. The van der Waals surface area contributed by atoms with Crippen LogP contribution in [0.25, 0.3) is 0 Å². The maximum atomic E-state index is 13.1. The smallest absolute Gasteiger partial charge is 0.220 e. The minimum absolute atomic E-state index is 0.184. The fraction of sp³-hybridized carbons (Fsp3) is 0.885. The molecule has 7 unspecified atom stereocenters. The molecule has 9 nitrogen and oxygen atoms in total. The highest BCUT2D eigenvalue weighted by Crippen LogP contribution is 2.24. The summed E-state index contributed by atoms with van der Waals surface area (Å²) < 4.78 is 11.3. The maximum Gasteiger partial charge on any atom is 0.220 e. The third-order valence-electron chi connectivity index (χ3n) is 18.4. The molecule has 0 aromatic carbocycles. The van der Waals surface area contributed by atoms with Crippen LogP contribution in [0.5, 0.6) is 0 Å². The molecule has 9 heteroatoms. The van der Waals surface area contributed by atoms with E-state index in [1.54, 1.807) is 6.08 Å². The maximum absolute atomic E-state index is 13.1. The van der Waals surface area contributed by atoms with E-state index in [2.05, 4.69) is 55.6 Å². The van der Waals surface area contributed by atoms with Crippen LogP contribution >= 0.6 is 0 Å². The van der Waals surface area contributed by atoms with Crippen molar-refractivity contribution in [1.29, 1.82) is 0 Å². The Morgan fingerprint density at radius 3 is 0.966 bits per heavy atom. The van der Waals surface area contributed by atoms with Gasteiger partial charge < -0.3 is 40.3 Å². The topological polar surface area (TPSA) is 149 Å². The fourth-order valence-electron chi connectivity index (χ4n) is 12.4. The lowest BCUT2D eigenvalue weighted by Gasteiger charge is -2.40. The summed E-state index contributed by atoms with van der Waals surface area (Å²) >= 11 is 0. The third kappa shape index (κ3) is 55.5. The van der Waals surface area contributed by atoms with Crippen LogP contribution in [0.15, 0.2) is 48.6 Å². The molecule has 512 valence electrons. The molecule has 7 atom stereocenters. The average molecular weight is 1230 g/mol. The molecular weight excluding hydrogens is 1080 g/mol. The van der Waals surface area contributed by atoms with Gasteiger partial charge in [-0.05, 0) is 70.6 Å². The number of aliphatic hydroxyl groups is 5. The SMILES string of the molecule is CCCCCCCCCCCCCCCCC/C=C/CC/C=C/CC/C=C/C(O)C(COC1OC(CO)C(O)C(O)C1O)NC(=O)CCCCCCCCCCCCCCCCCCC/C=C\CCCCCCCCCCCCCCCCCCCC. The van der Waals surface area contributed by atoms with Crippen LogP contribution in [0, 0.1) is 0 Å². The summed E-state index contributed by atoms with van der Waals surface area (Å²) in [5.74, 6) is -0.184. The molecule has 1 amide bonds. The second-order valence-electron chi connectivity index (χ2n) is 26.8. The lowest BCUT2D eigenvalue weighted by atomic mass is 9.99. The largest absolute Gasteiger partial charge is 0.394 e. The van der Waals surface area contributed by atoms with E-state index in [0.29, 0.717) is 6.42 Å². The molecule has 0 saturated carbocycles. The molecule has 0 aliphatic carbocycles. The molecular formula is C78H147NO8. The normalized spacial score (nSPS) is 18.2. The minimum atomic E-state index is -1.58. The Balaban J connectivity index is 2.08. The van der Waals surface area contributed by atoms with Crippen LogP contribution in [-0.2, 0) is 14.3 Å². The highest BCUT2D eigenvalue weighted by Gasteiger charge is 2.44. The van der Waals surface area contributed by atoms with E-state index in [1.807, 2.05) is 6.08 Å². The van der Waals surface area contributed by atoms with Crippen molar-refractivity contribution in [3.8, 4) is 0 Å². The molecule has 0 spiro atoms. The summed E-state index contributed by atoms with van der Waals surface area (Å²) in [5.41, 5.74) is 0. The number of hydrogen-bond acceptors (Lipinski definition) is 8. The highest BCUT2D eigenvalue weighted by atomic mass is 16.7. The number of amides is 1. The molecule has 6 N–H and O–H groups in total. The van der Waals surface area contributed by atoms with Gasteiger partial charge in [-0.1, -0.05) is 358 Å². The summed E-state index contributed by atoms with van der Waals surface area (Å²) in [7, 11) is 0. The Labute approximate surface area is 539 Å². The van der Waals surface area contributed by atoms with E-state index in [1.165, 1.54) is 321 Å². The lowest BCUT2D eigenvalue weighted by Crippen LogP contribution is -2.60. The number of unbranched alkanes of at least 4 members (excludes halogenated alkanes) is 52. The Bertz CT molecular complexity index is 1520. The lowest BCUT2D eigenvalue weighted by molar-refractivity contribution is -0.302. The first kappa shape index (κ1) is 83.2. The third-order valence-corrected chi connectivity index (χ3v) is 18.4. The van der Waals surface area contributed by atoms with E-state index >= 15 is 0 Å². The standard InChI is InChI=1S/C78H147NO8/c1-3-5-7-9-11-13-15-17-19-21-23-25-27-29-30-31-32-33-34-35-36-37-38-39-40-41-42-44-46-48-50-52-54-56-58-60-62-64-66-68-74(82)79-71(70-86-78-77(85)76(84)75(83)73(69-80)87-78)72(81)67-65-63-61-59-57-55-53-51-49-47-45-43-28-26-24-22-20-18-16-14-12-10-8-6-4-2/h35-36,49,51,57,59,65,67,71-73,75-78,80-81,83-85H,3-34,37-48,50,52-56,58,60-64,66,68-70H2,1-2H3,(H,79,82)/b36-35-,51-49+,59-57+,67-65+. The van der Waals surface area contributed by atoms with Crippen molar-refractivity contribution in [3.63, 3.8) is 0 Å². The number of carbonyl (C=O) groups excluding carboxylic acids is 1. The Kier molecular flexibility index (Phi) is 64.1. The second kappa shape index (κ2) is 67.1. The Hall–Kier alpha value is -1.85. The van der Waals surface area contributed by atoms with Crippen molar-refractivity contribution in [2.24, 2.45) is 0 Å². The van der Waals surface area contributed by atoms with Crippen molar-refractivity contribution >= 4 is 5.91 Å².